The van der Waals surface area contributed by atoms with Gasteiger partial charge in [0.05, 0.1) is 29.0 Å². The van der Waals surface area contributed by atoms with Gasteiger partial charge in [-0.05, 0) is 17.7 Å². The second kappa shape index (κ2) is 4.97. The minimum absolute atomic E-state index is 0.0153. The molecule has 0 saturated carbocycles. The first-order valence-corrected chi connectivity index (χ1v) is 7.14. The number of rotatable bonds is 4. The number of carbonyl (C=O) groups is 2. The third-order valence-electron chi connectivity index (χ3n) is 4.38. The molecule has 0 radical (unpaired) electrons. The number of carbonyl (C=O) groups excluding carboxylic acids is 2. The number of imide groups is 1. The largest absolute Gasteiger partial charge is 0.365 e. The number of amides is 2. The molecule has 0 aromatic heterocycles. The van der Waals surface area contributed by atoms with E-state index in [0.717, 1.165) is 5.06 Å². The fourth-order valence-corrected chi connectivity index (χ4v) is 3.26. The Morgan fingerprint density at radius 3 is 2.17 bits per heavy atom. The maximum absolute atomic E-state index is 12.3. The van der Waals surface area contributed by atoms with Crippen LogP contribution in [0.1, 0.15) is 5.56 Å². The highest BCUT2D eigenvalue weighted by molar-refractivity contribution is 6.05. The summed E-state index contributed by atoms with van der Waals surface area (Å²) in [5, 5.41) is 11.4. The Morgan fingerprint density at radius 2 is 1.65 bits per heavy atom. The molecule has 3 aliphatic heterocycles. The molecule has 0 unspecified atom stereocenters. The summed E-state index contributed by atoms with van der Waals surface area (Å²) in [6.45, 7) is -0.0153. The highest BCUT2D eigenvalue weighted by atomic mass is 16.7. The van der Waals surface area contributed by atoms with Crippen molar-refractivity contribution < 1.29 is 24.1 Å². The summed E-state index contributed by atoms with van der Waals surface area (Å²) in [6.07, 6.45) is 2.90. The van der Waals surface area contributed by atoms with Crippen LogP contribution >= 0.6 is 0 Å². The van der Waals surface area contributed by atoms with Gasteiger partial charge in [0.15, 0.2) is 0 Å². The highest BCUT2D eigenvalue weighted by Crippen LogP contribution is 2.45. The minimum atomic E-state index is -0.505. The van der Waals surface area contributed by atoms with Gasteiger partial charge in [0.1, 0.15) is 6.61 Å². The van der Waals surface area contributed by atoms with Crippen molar-refractivity contribution >= 4 is 17.5 Å². The Kier molecular flexibility index (Phi) is 3.03. The molecule has 8 nitrogen and oxygen atoms in total. The highest BCUT2D eigenvalue weighted by Gasteiger charge is 2.61. The van der Waals surface area contributed by atoms with Crippen molar-refractivity contribution in [1.82, 2.24) is 5.06 Å². The van der Waals surface area contributed by atoms with Crippen molar-refractivity contribution in [3.63, 3.8) is 0 Å². The Bertz CT molecular complexity index is 698. The number of ether oxygens (including phenoxy) is 1. The lowest BCUT2D eigenvalue weighted by Gasteiger charge is -2.16. The van der Waals surface area contributed by atoms with E-state index in [1.165, 1.54) is 24.3 Å². The predicted octanol–water partition coefficient (Wildman–Crippen LogP) is 0.965. The maximum atomic E-state index is 12.3. The number of non-ortho nitro benzene ring substituents is 1. The molecule has 2 saturated heterocycles. The van der Waals surface area contributed by atoms with E-state index in [2.05, 4.69) is 0 Å². The van der Waals surface area contributed by atoms with Crippen molar-refractivity contribution in [2.45, 2.75) is 18.8 Å². The third-order valence-corrected chi connectivity index (χ3v) is 4.38. The standard InChI is InChI=1S/C15H12N2O6/c18-14-12-10-5-6-11(23-10)13(12)15(19)16(14)22-7-8-1-3-9(4-2-8)17(20)21/h1-6,10-13H,7H2/t10-,11-,12+,13+/m1/s1. The molecule has 4 atom stereocenters. The molecule has 2 amide bonds. The van der Waals surface area contributed by atoms with Crippen LogP contribution in [0.5, 0.6) is 0 Å². The molecule has 0 N–H and O–H groups in total. The van der Waals surface area contributed by atoms with Crippen molar-refractivity contribution in [3.05, 3.63) is 52.1 Å². The van der Waals surface area contributed by atoms with Crippen LogP contribution in [-0.2, 0) is 25.8 Å². The van der Waals surface area contributed by atoms with Crippen LogP contribution in [-0.4, -0.2) is 34.0 Å². The summed E-state index contributed by atoms with van der Waals surface area (Å²) in [7, 11) is 0. The van der Waals surface area contributed by atoms with E-state index in [4.69, 9.17) is 9.57 Å². The number of hydroxylamine groups is 2. The summed E-state index contributed by atoms with van der Waals surface area (Å²) < 4.78 is 5.53. The van der Waals surface area contributed by atoms with Gasteiger partial charge in [-0.25, -0.2) is 0 Å². The van der Waals surface area contributed by atoms with E-state index in [1.54, 1.807) is 12.2 Å². The molecule has 3 heterocycles. The zero-order valence-electron chi connectivity index (χ0n) is 11.8. The first kappa shape index (κ1) is 14.0. The number of nitrogens with zero attached hydrogens (tertiary/aromatic N) is 2. The first-order chi connectivity index (χ1) is 11.1. The molecule has 3 aliphatic rings. The first-order valence-electron chi connectivity index (χ1n) is 7.14. The van der Waals surface area contributed by atoms with E-state index in [1.807, 2.05) is 0 Å². The van der Waals surface area contributed by atoms with E-state index < -0.39 is 28.6 Å². The van der Waals surface area contributed by atoms with Crippen molar-refractivity contribution in [3.8, 4) is 0 Å². The molecule has 2 fully saturated rings. The fraction of sp³-hybridized carbons (Fsp3) is 0.333. The van der Waals surface area contributed by atoms with Gasteiger partial charge in [-0.2, -0.15) is 5.06 Å². The van der Waals surface area contributed by atoms with Gasteiger partial charge in [-0.15, -0.1) is 0 Å². The number of benzene rings is 1. The van der Waals surface area contributed by atoms with Crippen molar-refractivity contribution in [1.29, 1.82) is 0 Å². The average Bonchev–Trinajstić information content (AvgIpc) is 3.21. The van der Waals surface area contributed by atoms with Crippen LogP contribution in [0.25, 0.3) is 0 Å². The predicted molar refractivity (Wildman–Crippen MR) is 74.5 cm³/mol. The number of hydrogen-bond donors (Lipinski definition) is 0. The number of nitro groups is 1. The summed E-state index contributed by atoms with van der Waals surface area (Å²) in [5.41, 5.74) is 0.599. The van der Waals surface area contributed by atoms with Gasteiger partial charge in [-0.1, -0.05) is 12.2 Å². The fourth-order valence-electron chi connectivity index (χ4n) is 3.26. The topological polar surface area (TPSA) is 99.0 Å². The molecule has 0 spiro atoms. The minimum Gasteiger partial charge on any atom is -0.365 e. The van der Waals surface area contributed by atoms with E-state index in [9.17, 15) is 19.7 Å². The summed E-state index contributed by atoms with van der Waals surface area (Å²) >= 11 is 0. The smallest absolute Gasteiger partial charge is 0.269 e. The van der Waals surface area contributed by atoms with Gasteiger partial charge in [0.2, 0.25) is 0 Å². The lowest BCUT2D eigenvalue weighted by Crippen LogP contribution is -2.34. The lowest BCUT2D eigenvalue weighted by atomic mass is 9.85. The Hall–Kier alpha value is -2.58. The molecule has 0 aliphatic carbocycles. The zero-order valence-corrected chi connectivity index (χ0v) is 11.8. The molecule has 2 bridgehead atoms. The third kappa shape index (κ3) is 2.07. The van der Waals surface area contributed by atoms with Crippen LogP contribution in [0.4, 0.5) is 5.69 Å². The van der Waals surface area contributed by atoms with Gasteiger partial charge in [0.25, 0.3) is 17.5 Å². The Balaban J connectivity index is 1.45. The maximum Gasteiger partial charge on any atom is 0.269 e. The molecule has 23 heavy (non-hydrogen) atoms. The average molecular weight is 316 g/mol. The van der Waals surface area contributed by atoms with Crippen LogP contribution in [0.3, 0.4) is 0 Å². The van der Waals surface area contributed by atoms with Crippen LogP contribution in [0.15, 0.2) is 36.4 Å². The molecule has 1 aromatic carbocycles. The Labute approximate surface area is 130 Å². The summed E-state index contributed by atoms with van der Waals surface area (Å²) in [5.74, 6) is -1.79. The number of nitro benzene ring substituents is 1. The molecule has 1 aromatic rings. The van der Waals surface area contributed by atoms with Gasteiger partial charge >= 0.3 is 0 Å². The second-order valence-electron chi connectivity index (χ2n) is 5.67. The van der Waals surface area contributed by atoms with Crippen LogP contribution in [0, 0.1) is 22.0 Å². The SMILES string of the molecule is O=C1[C@@H]2[C@@H](C(=O)N1OCc1ccc([N+](=O)[O-])cc1)[C@H]1C=C[C@H]2O1. The molecule has 118 valence electrons. The number of fused-ring (bicyclic) bond motifs is 5. The molecular formula is C15H12N2O6. The van der Waals surface area contributed by atoms with Gasteiger partial charge in [0, 0.05) is 12.1 Å². The lowest BCUT2D eigenvalue weighted by molar-refractivity contribution is -0.384. The van der Waals surface area contributed by atoms with Gasteiger partial charge < -0.3 is 4.74 Å². The molecule has 4 rings (SSSR count). The van der Waals surface area contributed by atoms with Crippen LogP contribution in [0.2, 0.25) is 0 Å². The second-order valence-corrected chi connectivity index (χ2v) is 5.67. The summed E-state index contributed by atoms with van der Waals surface area (Å²) in [4.78, 5) is 40.1. The normalized spacial score (nSPS) is 31.0. The molecular weight excluding hydrogens is 304 g/mol. The van der Waals surface area contributed by atoms with E-state index in [0.29, 0.717) is 5.56 Å². The zero-order chi connectivity index (χ0) is 16.1. The van der Waals surface area contributed by atoms with Crippen LogP contribution < -0.4 is 0 Å². The Morgan fingerprint density at radius 1 is 1.09 bits per heavy atom. The molecule has 8 heteroatoms. The quantitative estimate of drug-likeness (QED) is 0.355. The van der Waals surface area contributed by atoms with Crippen molar-refractivity contribution in [2.24, 2.45) is 11.8 Å². The monoisotopic (exact) mass is 316 g/mol. The number of hydrogen-bond acceptors (Lipinski definition) is 6. The van der Waals surface area contributed by atoms with Gasteiger partial charge in [-0.3, -0.25) is 24.5 Å². The van der Waals surface area contributed by atoms with E-state index in [-0.39, 0.29) is 24.5 Å². The van der Waals surface area contributed by atoms with E-state index >= 15 is 0 Å². The van der Waals surface area contributed by atoms with Crippen molar-refractivity contribution in [2.75, 3.05) is 0 Å². The summed E-state index contributed by atoms with van der Waals surface area (Å²) in [6, 6.07) is 5.74.